The summed E-state index contributed by atoms with van der Waals surface area (Å²) in [6, 6.07) is 5.32. The Kier molecular flexibility index (Phi) is 3.92. The lowest BCUT2D eigenvalue weighted by Crippen LogP contribution is -2.31. The smallest absolute Gasteiger partial charge is 0.254 e. The third kappa shape index (κ3) is 2.86. The zero-order valence-electron chi connectivity index (χ0n) is 11.7. The summed E-state index contributed by atoms with van der Waals surface area (Å²) in [5.74, 6) is 0.168. The molecule has 3 rings (SSSR count). The fourth-order valence-corrected chi connectivity index (χ4v) is 2.33. The first-order valence-electron chi connectivity index (χ1n) is 6.85. The highest BCUT2D eigenvalue weighted by molar-refractivity contribution is 5.94. The number of rotatable bonds is 3. The molecule has 1 atom stereocenters. The first-order valence-corrected chi connectivity index (χ1v) is 6.85. The Morgan fingerprint density at radius 3 is 2.82 bits per heavy atom. The third-order valence-electron chi connectivity index (χ3n) is 3.41. The van der Waals surface area contributed by atoms with Gasteiger partial charge in [0.15, 0.2) is 0 Å². The summed E-state index contributed by atoms with van der Waals surface area (Å²) in [6.45, 7) is 1.07. The van der Waals surface area contributed by atoms with E-state index in [0.29, 0.717) is 25.1 Å². The maximum atomic E-state index is 12.3. The molecule has 0 N–H and O–H groups in total. The van der Waals surface area contributed by atoms with Gasteiger partial charge in [-0.15, -0.1) is 0 Å². The monoisotopic (exact) mass is 295 g/mol. The Labute approximate surface area is 127 Å². The highest BCUT2D eigenvalue weighted by atomic mass is 16.5. The normalized spacial score (nSPS) is 17.0. The van der Waals surface area contributed by atoms with Gasteiger partial charge in [-0.25, -0.2) is 9.97 Å². The van der Waals surface area contributed by atoms with Gasteiger partial charge in [-0.05, 0) is 12.1 Å². The summed E-state index contributed by atoms with van der Waals surface area (Å²) in [7, 11) is 0. The summed E-state index contributed by atoms with van der Waals surface area (Å²) in [5, 5.41) is 8.98. The standard InChI is InChI=1S/C15H13N5O2/c16-9-13-14(19-7-6-18-13)22-12-3-8-20(10-12)15(21)11-1-4-17-5-2-11/h1-2,4-7,12H,3,8,10H2. The number of aromatic nitrogens is 3. The minimum atomic E-state index is -0.186. The van der Waals surface area contributed by atoms with Crippen molar-refractivity contribution >= 4 is 5.91 Å². The van der Waals surface area contributed by atoms with Crippen LogP contribution in [0.15, 0.2) is 36.9 Å². The second-order valence-electron chi connectivity index (χ2n) is 4.84. The van der Waals surface area contributed by atoms with E-state index in [9.17, 15) is 4.79 Å². The predicted molar refractivity (Wildman–Crippen MR) is 75.9 cm³/mol. The highest BCUT2D eigenvalue weighted by Crippen LogP contribution is 2.19. The molecule has 1 aliphatic heterocycles. The van der Waals surface area contributed by atoms with Crippen LogP contribution in [0.5, 0.6) is 5.88 Å². The van der Waals surface area contributed by atoms with Crippen molar-refractivity contribution in [3.05, 3.63) is 48.2 Å². The first-order chi connectivity index (χ1) is 10.8. The van der Waals surface area contributed by atoms with Crippen molar-refractivity contribution in [3.8, 4) is 11.9 Å². The van der Waals surface area contributed by atoms with Crippen molar-refractivity contribution in [2.75, 3.05) is 13.1 Å². The largest absolute Gasteiger partial charge is 0.470 e. The van der Waals surface area contributed by atoms with Gasteiger partial charge in [-0.2, -0.15) is 5.26 Å². The summed E-state index contributed by atoms with van der Waals surface area (Å²) in [6.07, 6.45) is 6.61. The number of hydrogen-bond acceptors (Lipinski definition) is 6. The number of pyridine rings is 1. The van der Waals surface area contributed by atoms with Gasteiger partial charge in [-0.3, -0.25) is 9.78 Å². The molecule has 7 nitrogen and oxygen atoms in total. The molecule has 1 saturated heterocycles. The number of carbonyl (C=O) groups is 1. The van der Waals surface area contributed by atoms with Crippen molar-refractivity contribution in [2.24, 2.45) is 0 Å². The van der Waals surface area contributed by atoms with Crippen LogP contribution in [0.4, 0.5) is 0 Å². The van der Waals surface area contributed by atoms with Gasteiger partial charge in [0.25, 0.3) is 11.8 Å². The number of nitrogens with zero attached hydrogens (tertiary/aromatic N) is 5. The van der Waals surface area contributed by atoms with Gasteiger partial charge in [0.1, 0.15) is 12.2 Å². The number of ether oxygens (including phenoxy) is 1. The van der Waals surface area contributed by atoms with E-state index in [2.05, 4.69) is 15.0 Å². The quantitative estimate of drug-likeness (QED) is 0.840. The summed E-state index contributed by atoms with van der Waals surface area (Å²) in [5.41, 5.74) is 0.759. The summed E-state index contributed by atoms with van der Waals surface area (Å²) < 4.78 is 5.71. The van der Waals surface area contributed by atoms with Crippen LogP contribution in [-0.2, 0) is 0 Å². The van der Waals surface area contributed by atoms with E-state index in [-0.39, 0.29) is 23.6 Å². The van der Waals surface area contributed by atoms with Crippen LogP contribution >= 0.6 is 0 Å². The molecule has 22 heavy (non-hydrogen) atoms. The molecule has 110 valence electrons. The van der Waals surface area contributed by atoms with Crippen molar-refractivity contribution in [3.63, 3.8) is 0 Å². The van der Waals surface area contributed by atoms with Crippen molar-refractivity contribution in [1.29, 1.82) is 5.26 Å². The Hall–Kier alpha value is -3.01. The second kappa shape index (κ2) is 6.18. The molecular formula is C15H13N5O2. The van der Waals surface area contributed by atoms with Crippen LogP contribution in [0.1, 0.15) is 22.5 Å². The number of likely N-dealkylation sites (tertiary alicyclic amines) is 1. The van der Waals surface area contributed by atoms with Crippen LogP contribution in [0.2, 0.25) is 0 Å². The molecule has 0 spiro atoms. The maximum absolute atomic E-state index is 12.3. The van der Waals surface area contributed by atoms with Crippen LogP contribution in [0, 0.1) is 11.3 Å². The Balaban J connectivity index is 1.66. The number of carbonyl (C=O) groups excluding carboxylic acids is 1. The topological polar surface area (TPSA) is 92.0 Å². The first kappa shape index (κ1) is 13.9. The molecule has 7 heteroatoms. The van der Waals surface area contributed by atoms with E-state index in [1.165, 1.54) is 12.4 Å². The summed E-state index contributed by atoms with van der Waals surface area (Å²) in [4.78, 5) is 25.9. The fraction of sp³-hybridized carbons (Fsp3) is 0.267. The van der Waals surface area contributed by atoms with Crippen LogP contribution in [0.25, 0.3) is 0 Å². The van der Waals surface area contributed by atoms with Gasteiger partial charge in [0, 0.05) is 43.3 Å². The van der Waals surface area contributed by atoms with E-state index >= 15 is 0 Å². The lowest BCUT2D eigenvalue weighted by atomic mass is 10.2. The lowest BCUT2D eigenvalue weighted by molar-refractivity contribution is 0.0771. The summed E-state index contributed by atoms with van der Waals surface area (Å²) >= 11 is 0. The fourth-order valence-electron chi connectivity index (χ4n) is 2.33. The Morgan fingerprint density at radius 2 is 2.05 bits per heavy atom. The predicted octanol–water partition coefficient (Wildman–Crippen LogP) is 1.04. The van der Waals surface area contributed by atoms with E-state index in [1.54, 1.807) is 29.4 Å². The molecule has 0 aliphatic carbocycles. The molecule has 1 amide bonds. The molecule has 1 aliphatic rings. The maximum Gasteiger partial charge on any atom is 0.254 e. The van der Waals surface area contributed by atoms with E-state index in [0.717, 1.165) is 0 Å². The Morgan fingerprint density at radius 1 is 1.27 bits per heavy atom. The van der Waals surface area contributed by atoms with Crippen molar-refractivity contribution in [1.82, 2.24) is 19.9 Å². The molecule has 0 aromatic carbocycles. The average Bonchev–Trinajstić information content (AvgIpc) is 3.04. The van der Waals surface area contributed by atoms with Crippen molar-refractivity contribution < 1.29 is 9.53 Å². The molecule has 0 saturated carbocycles. The number of nitriles is 1. The highest BCUT2D eigenvalue weighted by Gasteiger charge is 2.29. The molecule has 0 radical (unpaired) electrons. The average molecular weight is 295 g/mol. The molecule has 1 unspecified atom stereocenters. The van der Waals surface area contributed by atoms with Gasteiger partial charge < -0.3 is 9.64 Å². The molecule has 3 heterocycles. The van der Waals surface area contributed by atoms with Crippen molar-refractivity contribution in [2.45, 2.75) is 12.5 Å². The van der Waals surface area contributed by atoms with Crippen LogP contribution < -0.4 is 4.74 Å². The van der Waals surface area contributed by atoms with Gasteiger partial charge in [-0.1, -0.05) is 0 Å². The molecule has 0 bridgehead atoms. The second-order valence-corrected chi connectivity index (χ2v) is 4.84. The minimum Gasteiger partial charge on any atom is -0.470 e. The van der Waals surface area contributed by atoms with E-state index in [1.807, 2.05) is 6.07 Å². The van der Waals surface area contributed by atoms with Gasteiger partial charge in [0.05, 0.1) is 6.54 Å². The lowest BCUT2D eigenvalue weighted by Gasteiger charge is -2.17. The van der Waals surface area contributed by atoms with E-state index in [4.69, 9.17) is 10.00 Å². The molecule has 2 aromatic rings. The van der Waals surface area contributed by atoms with Crippen LogP contribution in [-0.4, -0.2) is 45.0 Å². The minimum absolute atomic E-state index is 0.0480. The zero-order chi connectivity index (χ0) is 15.4. The molecule has 1 fully saturated rings. The number of hydrogen-bond donors (Lipinski definition) is 0. The van der Waals surface area contributed by atoms with Gasteiger partial charge >= 0.3 is 0 Å². The van der Waals surface area contributed by atoms with Crippen LogP contribution in [0.3, 0.4) is 0 Å². The third-order valence-corrected chi connectivity index (χ3v) is 3.41. The van der Waals surface area contributed by atoms with Gasteiger partial charge in [0.2, 0.25) is 5.69 Å². The SMILES string of the molecule is N#Cc1nccnc1OC1CCN(C(=O)c2ccncc2)C1. The molecule has 2 aromatic heterocycles. The molecular weight excluding hydrogens is 282 g/mol. The zero-order valence-corrected chi connectivity index (χ0v) is 11.7. The number of amides is 1. The van der Waals surface area contributed by atoms with E-state index < -0.39 is 0 Å². The Bertz CT molecular complexity index is 713.